The summed E-state index contributed by atoms with van der Waals surface area (Å²) in [5.41, 5.74) is -0.198. The lowest BCUT2D eigenvalue weighted by Gasteiger charge is -2.38. The van der Waals surface area contributed by atoms with Crippen LogP contribution < -0.4 is 4.74 Å². The Morgan fingerprint density at radius 1 is 1.25 bits per heavy atom. The fourth-order valence-corrected chi connectivity index (χ4v) is 2.18. The van der Waals surface area contributed by atoms with Crippen molar-refractivity contribution in [3.63, 3.8) is 0 Å². The summed E-state index contributed by atoms with van der Waals surface area (Å²) in [6, 6.07) is 8.72. The second kappa shape index (κ2) is 5.49. The van der Waals surface area contributed by atoms with Crippen molar-refractivity contribution in [3.8, 4) is 5.75 Å². The van der Waals surface area contributed by atoms with Crippen LogP contribution in [0.2, 0.25) is 0 Å². The number of rotatable bonds is 1. The molecule has 1 aliphatic heterocycles. The van der Waals surface area contributed by atoms with Crippen molar-refractivity contribution in [1.82, 2.24) is 4.90 Å². The molecule has 0 radical (unpaired) electrons. The van der Waals surface area contributed by atoms with Gasteiger partial charge in [-0.15, -0.1) is 0 Å². The van der Waals surface area contributed by atoms with Crippen LogP contribution in [0.4, 0.5) is 4.79 Å². The van der Waals surface area contributed by atoms with E-state index in [1.165, 1.54) is 17.2 Å². The van der Waals surface area contributed by atoms with Crippen LogP contribution in [0.1, 0.15) is 27.2 Å². The molecule has 1 aromatic carbocycles. The predicted molar refractivity (Wildman–Crippen MR) is 76.3 cm³/mol. The van der Waals surface area contributed by atoms with Crippen LogP contribution in [0.25, 0.3) is 0 Å². The molecule has 0 aliphatic carbocycles. The van der Waals surface area contributed by atoms with Gasteiger partial charge in [-0.2, -0.15) is 0 Å². The van der Waals surface area contributed by atoms with Crippen LogP contribution in [0, 0.1) is 5.41 Å². The highest BCUT2D eigenvalue weighted by molar-refractivity contribution is 5.92. The van der Waals surface area contributed by atoms with Crippen LogP contribution in [0.15, 0.2) is 42.6 Å². The minimum atomic E-state index is -0.458. The number of ketones is 1. The molecule has 0 N–H and O–H groups in total. The number of carbonyl (C=O) groups excluding carboxylic acids is 2. The maximum atomic E-state index is 12.3. The number of benzene rings is 1. The Labute approximate surface area is 119 Å². The van der Waals surface area contributed by atoms with Crippen molar-refractivity contribution in [2.45, 2.75) is 33.2 Å². The summed E-state index contributed by atoms with van der Waals surface area (Å²) in [5, 5.41) is 0. The number of para-hydroxylation sites is 1. The van der Waals surface area contributed by atoms with E-state index in [4.69, 9.17) is 4.74 Å². The van der Waals surface area contributed by atoms with E-state index >= 15 is 0 Å². The van der Waals surface area contributed by atoms with Crippen LogP contribution in [0.3, 0.4) is 0 Å². The maximum Gasteiger partial charge on any atom is 0.419 e. The van der Waals surface area contributed by atoms with E-state index in [1.807, 2.05) is 26.8 Å². The monoisotopic (exact) mass is 273 g/mol. The number of amides is 1. The Kier molecular flexibility index (Phi) is 3.93. The quantitative estimate of drug-likeness (QED) is 0.788. The Balaban J connectivity index is 2.18. The first-order valence-corrected chi connectivity index (χ1v) is 6.64. The third-order valence-corrected chi connectivity index (χ3v) is 3.31. The van der Waals surface area contributed by atoms with Gasteiger partial charge in [-0.1, -0.05) is 39.0 Å². The number of nitrogens with zero attached hydrogens (tertiary/aromatic N) is 1. The molecule has 0 spiro atoms. The van der Waals surface area contributed by atoms with Gasteiger partial charge in [-0.25, -0.2) is 4.79 Å². The summed E-state index contributed by atoms with van der Waals surface area (Å²) in [6.07, 6.45) is 2.81. The summed E-state index contributed by atoms with van der Waals surface area (Å²) < 4.78 is 5.34. The second-order valence-electron chi connectivity index (χ2n) is 5.96. The van der Waals surface area contributed by atoms with Crippen LogP contribution in [0.5, 0.6) is 5.75 Å². The molecule has 1 amide bonds. The highest BCUT2D eigenvalue weighted by Gasteiger charge is 2.36. The molecule has 1 aromatic rings. The summed E-state index contributed by atoms with van der Waals surface area (Å²) in [7, 11) is 0. The molecular formula is C16H19NO3. The van der Waals surface area contributed by atoms with Crippen molar-refractivity contribution in [2.24, 2.45) is 5.41 Å². The molecule has 106 valence electrons. The normalized spacial score (nSPS) is 19.1. The van der Waals surface area contributed by atoms with Gasteiger partial charge in [-0.3, -0.25) is 9.69 Å². The van der Waals surface area contributed by atoms with E-state index in [0.717, 1.165) is 0 Å². The first-order chi connectivity index (χ1) is 9.38. The standard InChI is InChI=1S/C16H19NO3/c1-16(2,3)14-11-12(18)9-10-17(14)15(19)20-13-7-5-4-6-8-13/h4-10,14H,11H2,1-3H3. The first-order valence-electron chi connectivity index (χ1n) is 6.64. The van der Waals surface area contributed by atoms with Gasteiger partial charge in [-0.05, 0) is 23.6 Å². The number of ether oxygens (including phenoxy) is 1. The number of carbonyl (C=O) groups is 2. The first kappa shape index (κ1) is 14.3. The zero-order valence-corrected chi connectivity index (χ0v) is 12.0. The molecule has 0 fully saturated rings. The minimum Gasteiger partial charge on any atom is -0.410 e. The van der Waals surface area contributed by atoms with Crippen LogP contribution in [-0.2, 0) is 4.79 Å². The average Bonchev–Trinajstić information content (AvgIpc) is 2.38. The molecule has 0 saturated carbocycles. The van der Waals surface area contributed by atoms with Crippen molar-refractivity contribution in [1.29, 1.82) is 0 Å². The van der Waals surface area contributed by atoms with Gasteiger partial charge in [0.05, 0.1) is 6.04 Å². The zero-order chi connectivity index (χ0) is 14.8. The smallest absolute Gasteiger partial charge is 0.410 e. The summed E-state index contributed by atoms with van der Waals surface area (Å²) >= 11 is 0. The van der Waals surface area contributed by atoms with E-state index in [9.17, 15) is 9.59 Å². The molecule has 20 heavy (non-hydrogen) atoms. The average molecular weight is 273 g/mol. The fraction of sp³-hybridized carbons (Fsp3) is 0.375. The third kappa shape index (κ3) is 3.26. The Morgan fingerprint density at radius 3 is 2.50 bits per heavy atom. The molecule has 1 unspecified atom stereocenters. The lowest BCUT2D eigenvalue weighted by Crippen LogP contribution is -2.48. The molecule has 0 bridgehead atoms. The second-order valence-corrected chi connectivity index (χ2v) is 5.96. The van der Waals surface area contributed by atoms with E-state index in [2.05, 4.69) is 0 Å². The van der Waals surface area contributed by atoms with Gasteiger partial charge in [0.15, 0.2) is 5.78 Å². The van der Waals surface area contributed by atoms with E-state index in [-0.39, 0.29) is 17.2 Å². The van der Waals surface area contributed by atoms with E-state index in [0.29, 0.717) is 12.2 Å². The van der Waals surface area contributed by atoms with E-state index in [1.54, 1.807) is 24.3 Å². The van der Waals surface area contributed by atoms with Gasteiger partial charge in [0, 0.05) is 12.6 Å². The third-order valence-electron chi connectivity index (χ3n) is 3.31. The number of hydrogen-bond acceptors (Lipinski definition) is 3. The summed E-state index contributed by atoms with van der Waals surface area (Å²) in [6.45, 7) is 6.02. The Hall–Kier alpha value is -2.10. The van der Waals surface area contributed by atoms with Crippen molar-refractivity contribution < 1.29 is 14.3 Å². The summed E-state index contributed by atoms with van der Waals surface area (Å²) in [5.74, 6) is 0.532. The molecule has 0 saturated heterocycles. The predicted octanol–water partition coefficient (Wildman–Crippen LogP) is 3.39. The lowest BCUT2D eigenvalue weighted by atomic mass is 9.82. The minimum absolute atomic E-state index is 0.0358. The fourth-order valence-electron chi connectivity index (χ4n) is 2.18. The van der Waals surface area contributed by atoms with Crippen molar-refractivity contribution in [2.75, 3.05) is 0 Å². The van der Waals surface area contributed by atoms with Gasteiger partial charge >= 0.3 is 6.09 Å². The van der Waals surface area contributed by atoms with Gasteiger partial charge < -0.3 is 4.74 Å². The SMILES string of the molecule is CC(C)(C)C1CC(=O)C=CN1C(=O)Oc1ccccc1. The molecule has 4 heteroatoms. The van der Waals surface area contributed by atoms with Crippen molar-refractivity contribution in [3.05, 3.63) is 42.6 Å². The molecule has 2 rings (SSSR count). The van der Waals surface area contributed by atoms with E-state index < -0.39 is 6.09 Å². The van der Waals surface area contributed by atoms with Crippen molar-refractivity contribution >= 4 is 11.9 Å². The molecule has 4 nitrogen and oxygen atoms in total. The highest BCUT2D eigenvalue weighted by atomic mass is 16.6. The molecule has 1 heterocycles. The number of allylic oxidation sites excluding steroid dienone is 1. The molecular weight excluding hydrogens is 254 g/mol. The maximum absolute atomic E-state index is 12.3. The largest absolute Gasteiger partial charge is 0.419 e. The molecule has 1 aliphatic rings. The Bertz CT molecular complexity index is 528. The topological polar surface area (TPSA) is 46.6 Å². The van der Waals surface area contributed by atoms with Gasteiger partial charge in [0.25, 0.3) is 0 Å². The van der Waals surface area contributed by atoms with Crippen LogP contribution in [-0.4, -0.2) is 22.8 Å². The molecule has 0 aromatic heterocycles. The lowest BCUT2D eigenvalue weighted by molar-refractivity contribution is -0.117. The highest BCUT2D eigenvalue weighted by Crippen LogP contribution is 2.30. The van der Waals surface area contributed by atoms with Gasteiger partial charge in [0.2, 0.25) is 0 Å². The zero-order valence-electron chi connectivity index (χ0n) is 12.0. The Morgan fingerprint density at radius 2 is 1.90 bits per heavy atom. The van der Waals surface area contributed by atoms with Crippen LogP contribution >= 0.6 is 0 Å². The summed E-state index contributed by atoms with van der Waals surface area (Å²) in [4.78, 5) is 25.4. The molecule has 1 atom stereocenters. The number of hydrogen-bond donors (Lipinski definition) is 0. The van der Waals surface area contributed by atoms with Gasteiger partial charge in [0.1, 0.15) is 5.75 Å².